The zero-order valence-corrected chi connectivity index (χ0v) is 16.1. The van der Waals surface area contributed by atoms with E-state index in [2.05, 4.69) is 15.3 Å². The fraction of sp³-hybridized carbons (Fsp3) is 0.261. The van der Waals surface area contributed by atoms with E-state index < -0.39 is 5.91 Å². The number of carbonyl (C=O) groups excluding carboxylic acids is 1. The van der Waals surface area contributed by atoms with Crippen LogP contribution in [0.15, 0.2) is 59.7 Å². The number of fused-ring (bicyclic) bond motifs is 1. The van der Waals surface area contributed by atoms with E-state index in [0.717, 1.165) is 49.1 Å². The van der Waals surface area contributed by atoms with Crippen molar-refractivity contribution in [1.29, 1.82) is 0 Å². The monoisotopic (exact) mass is 389 g/mol. The Morgan fingerprint density at radius 2 is 1.83 bits per heavy atom. The molecule has 1 aliphatic rings. The number of aryl methyl sites for hydroxylation is 2. The van der Waals surface area contributed by atoms with Gasteiger partial charge in [0.05, 0.1) is 6.61 Å². The van der Waals surface area contributed by atoms with E-state index in [1.807, 2.05) is 12.1 Å². The number of ether oxygens (including phenoxy) is 1. The fourth-order valence-corrected chi connectivity index (χ4v) is 3.51. The van der Waals surface area contributed by atoms with Gasteiger partial charge in [0.15, 0.2) is 0 Å². The van der Waals surface area contributed by atoms with E-state index in [4.69, 9.17) is 4.74 Å². The summed E-state index contributed by atoms with van der Waals surface area (Å²) in [4.78, 5) is 31.7. The van der Waals surface area contributed by atoms with Gasteiger partial charge in [0, 0.05) is 30.2 Å². The van der Waals surface area contributed by atoms with Crippen LogP contribution in [0, 0.1) is 0 Å². The summed E-state index contributed by atoms with van der Waals surface area (Å²) in [5, 5.41) is 2.79. The number of hydrogen-bond acceptors (Lipinski definition) is 4. The van der Waals surface area contributed by atoms with Crippen LogP contribution in [0.1, 0.15) is 40.0 Å². The molecule has 0 atom stereocenters. The number of nitrogens with zero attached hydrogens (tertiary/aromatic N) is 1. The predicted molar refractivity (Wildman–Crippen MR) is 112 cm³/mol. The van der Waals surface area contributed by atoms with Crippen LogP contribution in [0.4, 0.5) is 5.69 Å². The highest BCUT2D eigenvalue weighted by Gasteiger charge is 2.17. The Hall–Kier alpha value is -3.41. The van der Waals surface area contributed by atoms with Crippen LogP contribution in [-0.4, -0.2) is 22.5 Å². The number of H-pyrrole nitrogens is 1. The summed E-state index contributed by atoms with van der Waals surface area (Å²) < 4.78 is 5.75. The normalized spacial score (nSPS) is 12.8. The Morgan fingerprint density at radius 3 is 2.62 bits per heavy atom. The fourth-order valence-electron chi connectivity index (χ4n) is 3.51. The predicted octanol–water partition coefficient (Wildman–Crippen LogP) is 3.52. The number of nitrogens with one attached hydrogen (secondary N) is 2. The molecule has 0 aliphatic heterocycles. The highest BCUT2D eigenvalue weighted by molar-refractivity contribution is 6.04. The summed E-state index contributed by atoms with van der Waals surface area (Å²) in [6.45, 7) is 0.556. The zero-order valence-electron chi connectivity index (χ0n) is 16.1. The van der Waals surface area contributed by atoms with Gasteiger partial charge in [0.2, 0.25) is 0 Å². The lowest BCUT2D eigenvalue weighted by atomic mass is 9.95. The van der Waals surface area contributed by atoms with Crippen LogP contribution in [-0.2, 0) is 19.3 Å². The van der Waals surface area contributed by atoms with Gasteiger partial charge in [0.1, 0.15) is 11.3 Å². The molecule has 2 N–H and O–H groups in total. The van der Waals surface area contributed by atoms with Crippen molar-refractivity contribution in [2.45, 2.75) is 32.1 Å². The molecular formula is C23H23N3O3. The van der Waals surface area contributed by atoms with Crippen molar-refractivity contribution in [1.82, 2.24) is 9.97 Å². The van der Waals surface area contributed by atoms with E-state index in [0.29, 0.717) is 12.3 Å². The molecule has 1 aromatic carbocycles. The largest absolute Gasteiger partial charge is 0.493 e. The summed E-state index contributed by atoms with van der Waals surface area (Å²) in [6, 6.07) is 12.8. The SMILES string of the molecule is O=C(Nc1ccc(OCCc2ccncc2)cc1)c1cc2c([nH]c1=O)CCCC2. The van der Waals surface area contributed by atoms with Gasteiger partial charge in [-0.15, -0.1) is 0 Å². The minimum Gasteiger partial charge on any atom is -0.493 e. The second kappa shape index (κ2) is 8.73. The first kappa shape index (κ1) is 18.9. The van der Waals surface area contributed by atoms with Crippen molar-refractivity contribution in [3.8, 4) is 5.75 Å². The molecular weight excluding hydrogens is 366 g/mol. The van der Waals surface area contributed by atoms with Crippen molar-refractivity contribution in [3.05, 3.63) is 87.6 Å². The molecule has 6 heteroatoms. The number of anilines is 1. The number of aromatic nitrogens is 2. The molecule has 4 rings (SSSR count). The highest BCUT2D eigenvalue weighted by atomic mass is 16.5. The third kappa shape index (κ3) is 4.71. The minimum absolute atomic E-state index is 0.156. The van der Waals surface area contributed by atoms with Crippen LogP contribution in [0.5, 0.6) is 5.75 Å². The Balaban J connectivity index is 1.36. The Bertz CT molecular complexity index is 1040. The molecule has 0 saturated carbocycles. The average Bonchev–Trinajstić information content (AvgIpc) is 2.75. The summed E-state index contributed by atoms with van der Waals surface area (Å²) in [7, 11) is 0. The molecule has 0 spiro atoms. The van der Waals surface area contributed by atoms with E-state index in [1.54, 1.807) is 42.7 Å². The molecule has 1 amide bonds. The molecule has 2 heterocycles. The molecule has 0 unspecified atom stereocenters. The Labute approximate surface area is 169 Å². The topological polar surface area (TPSA) is 84.1 Å². The molecule has 0 fully saturated rings. The van der Waals surface area contributed by atoms with Crippen molar-refractivity contribution in [3.63, 3.8) is 0 Å². The summed E-state index contributed by atoms with van der Waals surface area (Å²) in [6.07, 6.45) is 8.25. The lowest BCUT2D eigenvalue weighted by Gasteiger charge is -2.16. The molecule has 29 heavy (non-hydrogen) atoms. The van der Waals surface area contributed by atoms with Gasteiger partial charge in [-0.05, 0) is 79.3 Å². The summed E-state index contributed by atoms with van der Waals surface area (Å²) in [5.74, 6) is 0.328. The maximum absolute atomic E-state index is 12.6. The molecule has 0 saturated heterocycles. The Kier molecular flexibility index (Phi) is 5.70. The van der Waals surface area contributed by atoms with Crippen molar-refractivity contribution >= 4 is 11.6 Å². The summed E-state index contributed by atoms with van der Waals surface area (Å²) in [5.41, 5.74) is 3.64. The zero-order chi connectivity index (χ0) is 20.1. The van der Waals surface area contributed by atoms with Crippen LogP contribution in [0.2, 0.25) is 0 Å². The molecule has 6 nitrogen and oxygen atoms in total. The first-order valence-corrected chi connectivity index (χ1v) is 9.87. The third-order valence-corrected chi connectivity index (χ3v) is 5.10. The number of amides is 1. The smallest absolute Gasteiger partial charge is 0.261 e. The van der Waals surface area contributed by atoms with Gasteiger partial charge in [-0.1, -0.05) is 0 Å². The first-order valence-electron chi connectivity index (χ1n) is 9.87. The van der Waals surface area contributed by atoms with Crippen LogP contribution >= 0.6 is 0 Å². The van der Waals surface area contributed by atoms with Crippen LogP contribution in [0.3, 0.4) is 0 Å². The quantitative estimate of drug-likeness (QED) is 0.676. The van der Waals surface area contributed by atoms with Gasteiger partial charge in [0.25, 0.3) is 11.5 Å². The molecule has 2 aromatic heterocycles. The maximum atomic E-state index is 12.6. The Morgan fingerprint density at radius 1 is 1.07 bits per heavy atom. The van der Waals surface area contributed by atoms with Crippen molar-refractivity contribution in [2.24, 2.45) is 0 Å². The van der Waals surface area contributed by atoms with Gasteiger partial charge < -0.3 is 15.0 Å². The number of aromatic amines is 1. The molecule has 1 aliphatic carbocycles. The van der Waals surface area contributed by atoms with E-state index >= 15 is 0 Å². The van der Waals surface area contributed by atoms with Crippen molar-refractivity contribution < 1.29 is 9.53 Å². The molecule has 0 radical (unpaired) electrons. The van der Waals surface area contributed by atoms with Crippen LogP contribution in [0.25, 0.3) is 0 Å². The highest BCUT2D eigenvalue weighted by Crippen LogP contribution is 2.20. The minimum atomic E-state index is -0.397. The molecule has 148 valence electrons. The number of pyridine rings is 2. The average molecular weight is 389 g/mol. The van der Waals surface area contributed by atoms with Gasteiger partial charge in [-0.25, -0.2) is 0 Å². The number of benzene rings is 1. The first-order chi connectivity index (χ1) is 14.2. The van der Waals surface area contributed by atoms with Crippen molar-refractivity contribution in [2.75, 3.05) is 11.9 Å². The molecule has 3 aromatic rings. The van der Waals surface area contributed by atoms with E-state index in [9.17, 15) is 9.59 Å². The second-order valence-corrected chi connectivity index (χ2v) is 7.16. The summed E-state index contributed by atoms with van der Waals surface area (Å²) >= 11 is 0. The van der Waals surface area contributed by atoms with Crippen LogP contribution < -0.4 is 15.6 Å². The van der Waals surface area contributed by atoms with Gasteiger partial charge >= 0.3 is 0 Å². The molecule has 0 bridgehead atoms. The number of rotatable bonds is 6. The lowest BCUT2D eigenvalue weighted by molar-refractivity contribution is 0.102. The third-order valence-electron chi connectivity index (χ3n) is 5.10. The lowest BCUT2D eigenvalue weighted by Crippen LogP contribution is -2.26. The van der Waals surface area contributed by atoms with E-state index in [1.165, 1.54) is 5.56 Å². The number of hydrogen-bond donors (Lipinski definition) is 2. The second-order valence-electron chi connectivity index (χ2n) is 7.16. The maximum Gasteiger partial charge on any atom is 0.261 e. The van der Waals surface area contributed by atoms with Gasteiger partial charge in [-0.2, -0.15) is 0 Å². The number of carbonyl (C=O) groups is 1. The van der Waals surface area contributed by atoms with E-state index in [-0.39, 0.29) is 11.1 Å². The standard InChI is InChI=1S/C23H23N3O3/c27-22(20-15-17-3-1-2-4-21(17)26-23(20)28)25-18-5-7-19(8-6-18)29-14-11-16-9-12-24-13-10-16/h5-10,12-13,15H,1-4,11,14H2,(H,25,27)(H,26,28). The van der Waals surface area contributed by atoms with Gasteiger partial charge in [-0.3, -0.25) is 14.6 Å².